The van der Waals surface area contributed by atoms with Gasteiger partial charge in [0.25, 0.3) is 0 Å². The lowest BCUT2D eigenvalue weighted by Crippen LogP contribution is -2.03. The maximum atomic E-state index is 13.9. The van der Waals surface area contributed by atoms with E-state index in [0.29, 0.717) is 33.2 Å². The molecule has 4 rings (SSSR count). The van der Waals surface area contributed by atoms with Crippen LogP contribution in [0.2, 0.25) is 0 Å². The number of halogens is 1. The zero-order chi connectivity index (χ0) is 17.4. The predicted molar refractivity (Wildman–Crippen MR) is 95.5 cm³/mol. The third-order valence-electron chi connectivity index (χ3n) is 3.83. The highest BCUT2D eigenvalue weighted by atomic mass is 32.1. The molecule has 0 N–H and O–H groups in total. The summed E-state index contributed by atoms with van der Waals surface area (Å²) in [6.45, 7) is 0. The van der Waals surface area contributed by atoms with E-state index in [-0.39, 0.29) is 5.82 Å². The minimum Gasteiger partial charge on any atom is -0.493 e. The summed E-state index contributed by atoms with van der Waals surface area (Å²) >= 11 is 1.28. The summed E-state index contributed by atoms with van der Waals surface area (Å²) in [7, 11) is 1.52. The number of para-hydroxylation sites is 1. The molecular weight excluding hydrogens is 341 g/mol. The molecule has 0 aliphatic carbocycles. The van der Waals surface area contributed by atoms with E-state index in [1.54, 1.807) is 35.7 Å². The maximum Gasteiger partial charge on any atom is 0.345 e. The smallest absolute Gasteiger partial charge is 0.345 e. The van der Waals surface area contributed by atoms with Gasteiger partial charge >= 0.3 is 5.63 Å². The van der Waals surface area contributed by atoms with Crippen molar-refractivity contribution >= 4 is 22.3 Å². The summed E-state index contributed by atoms with van der Waals surface area (Å²) in [4.78, 5) is 16.8. The second kappa shape index (κ2) is 6.14. The first-order valence-corrected chi connectivity index (χ1v) is 8.37. The average molecular weight is 353 g/mol. The van der Waals surface area contributed by atoms with Crippen LogP contribution < -0.4 is 10.4 Å². The van der Waals surface area contributed by atoms with Crippen molar-refractivity contribution in [3.05, 3.63) is 70.1 Å². The third-order valence-corrected chi connectivity index (χ3v) is 4.70. The van der Waals surface area contributed by atoms with Gasteiger partial charge in [-0.15, -0.1) is 11.3 Å². The number of benzene rings is 2. The second-order valence-electron chi connectivity index (χ2n) is 5.34. The van der Waals surface area contributed by atoms with E-state index in [2.05, 4.69) is 4.98 Å². The molecule has 6 heteroatoms. The Morgan fingerprint density at radius 1 is 1.12 bits per heavy atom. The van der Waals surface area contributed by atoms with Gasteiger partial charge < -0.3 is 9.15 Å². The molecule has 0 radical (unpaired) electrons. The molecule has 0 aliphatic rings. The van der Waals surface area contributed by atoms with Crippen LogP contribution in [0.25, 0.3) is 32.8 Å². The summed E-state index contributed by atoms with van der Waals surface area (Å²) < 4.78 is 24.6. The van der Waals surface area contributed by atoms with E-state index >= 15 is 0 Å². The van der Waals surface area contributed by atoms with E-state index in [1.807, 2.05) is 12.1 Å². The molecule has 0 atom stereocenters. The van der Waals surface area contributed by atoms with Crippen molar-refractivity contribution in [2.45, 2.75) is 0 Å². The fraction of sp³-hybridized carbons (Fsp3) is 0.0526. The molecule has 0 fully saturated rings. The number of rotatable bonds is 3. The Bertz CT molecular complexity index is 1130. The Balaban J connectivity index is 1.85. The van der Waals surface area contributed by atoms with Gasteiger partial charge in [-0.25, -0.2) is 14.2 Å². The molecule has 0 saturated carbocycles. The largest absolute Gasteiger partial charge is 0.493 e. The number of methoxy groups -OCH3 is 1. The van der Waals surface area contributed by atoms with Crippen LogP contribution in [0.15, 0.2) is 63.1 Å². The molecule has 2 aromatic carbocycles. The number of hydrogen-bond donors (Lipinski definition) is 0. The van der Waals surface area contributed by atoms with Crippen molar-refractivity contribution in [3.63, 3.8) is 0 Å². The molecule has 0 aliphatic heterocycles. The molecule has 4 nitrogen and oxygen atoms in total. The monoisotopic (exact) mass is 353 g/mol. The number of hydrogen-bond acceptors (Lipinski definition) is 5. The highest BCUT2D eigenvalue weighted by molar-refractivity contribution is 7.13. The Labute approximate surface area is 146 Å². The summed E-state index contributed by atoms with van der Waals surface area (Å²) in [5.74, 6) is 0.144. The second-order valence-corrected chi connectivity index (χ2v) is 6.20. The molecule has 2 aromatic heterocycles. The lowest BCUT2D eigenvalue weighted by atomic mass is 10.1. The van der Waals surface area contributed by atoms with E-state index in [0.717, 1.165) is 5.39 Å². The van der Waals surface area contributed by atoms with Gasteiger partial charge in [0, 0.05) is 16.3 Å². The Kier molecular flexibility index (Phi) is 3.82. The quantitative estimate of drug-likeness (QED) is 0.500. The molecule has 0 bridgehead atoms. The van der Waals surface area contributed by atoms with Gasteiger partial charge in [0.05, 0.1) is 18.4 Å². The molecule has 0 spiro atoms. The van der Waals surface area contributed by atoms with Crippen molar-refractivity contribution in [1.29, 1.82) is 0 Å². The molecule has 0 saturated heterocycles. The zero-order valence-electron chi connectivity index (χ0n) is 13.2. The van der Waals surface area contributed by atoms with Gasteiger partial charge in [0.1, 0.15) is 10.8 Å². The molecule has 25 heavy (non-hydrogen) atoms. The van der Waals surface area contributed by atoms with Crippen molar-refractivity contribution in [2.75, 3.05) is 7.11 Å². The Hall–Kier alpha value is -2.99. The highest BCUT2D eigenvalue weighted by Gasteiger charge is 2.15. The Morgan fingerprint density at radius 2 is 1.96 bits per heavy atom. The number of thiazole rings is 1. The molecule has 124 valence electrons. The van der Waals surface area contributed by atoms with Crippen LogP contribution >= 0.6 is 11.3 Å². The molecule has 4 aromatic rings. The molecule has 0 amide bonds. The van der Waals surface area contributed by atoms with Crippen LogP contribution in [-0.2, 0) is 0 Å². The maximum absolute atomic E-state index is 13.9. The van der Waals surface area contributed by atoms with Crippen molar-refractivity contribution < 1.29 is 13.5 Å². The number of fused-ring (bicyclic) bond motifs is 1. The van der Waals surface area contributed by atoms with Gasteiger partial charge in [-0.2, -0.15) is 0 Å². The first kappa shape index (κ1) is 15.5. The third kappa shape index (κ3) is 2.70. The molecule has 2 heterocycles. The van der Waals surface area contributed by atoms with Crippen LogP contribution in [0.1, 0.15) is 0 Å². The fourth-order valence-electron chi connectivity index (χ4n) is 2.61. The van der Waals surface area contributed by atoms with Crippen molar-refractivity contribution in [3.8, 4) is 27.6 Å². The molecule has 0 unspecified atom stereocenters. The fourth-order valence-corrected chi connectivity index (χ4v) is 3.46. The van der Waals surface area contributed by atoms with Gasteiger partial charge in [-0.05, 0) is 24.3 Å². The van der Waals surface area contributed by atoms with Crippen LogP contribution in [0.3, 0.4) is 0 Å². The minimum absolute atomic E-state index is 0.333. The highest BCUT2D eigenvalue weighted by Crippen LogP contribution is 2.31. The number of nitrogens with zero attached hydrogens (tertiary/aromatic N) is 1. The van der Waals surface area contributed by atoms with Crippen molar-refractivity contribution in [2.24, 2.45) is 0 Å². The van der Waals surface area contributed by atoms with Crippen LogP contribution in [-0.4, -0.2) is 12.1 Å². The van der Waals surface area contributed by atoms with Crippen LogP contribution in [0, 0.1) is 5.82 Å². The van der Waals surface area contributed by atoms with Gasteiger partial charge in [0.2, 0.25) is 0 Å². The van der Waals surface area contributed by atoms with E-state index < -0.39 is 5.63 Å². The van der Waals surface area contributed by atoms with Gasteiger partial charge in [-0.1, -0.05) is 24.3 Å². The summed E-state index contributed by atoms with van der Waals surface area (Å²) in [6, 6.07) is 13.5. The molecular formula is C19H12FNO3S. The van der Waals surface area contributed by atoms with E-state index in [4.69, 9.17) is 9.15 Å². The van der Waals surface area contributed by atoms with Crippen molar-refractivity contribution in [1.82, 2.24) is 4.98 Å². The average Bonchev–Trinajstić information content (AvgIpc) is 3.10. The first-order chi connectivity index (χ1) is 12.2. The predicted octanol–water partition coefficient (Wildman–Crippen LogP) is 4.73. The normalized spacial score (nSPS) is 11.0. The van der Waals surface area contributed by atoms with E-state index in [9.17, 15) is 9.18 Å². The summed E-state index contributed by atoms with van der Waals surface area (Å²) in [6.07, 6.45) is 0. The van der Waals surface area contributed by atoms with Gasteiger partial charge in [0.15, 0.2) is 11.3 Å². The lowest BCUT2D eigenvalue weighted by Gasteiger charge is -2.04. The lowest BCUT2D eigenvalue weighted by molar-refractivity contribution is 0.407. The first-order valence-electron chi connectivity index (χ1n) is 7.49. The standard InChI is InChI=1S/C19H12FNO3S/c1-23-16-8-4-5-11-9-13(19(22)24-17(11)16)15-10-25-18(21-15)12-6-2-3-7-14(12)20/h2-10H,1H3. The Morgan fingerprint density at radius 3 is 2.76 bits per heavy atom. The van der Waals surface area contributed by atoms with E-state index in [1.165, 1.54) is 24.5 Å². The topological polar surface area (TPSA) is 52.3 Å². The zero-order valence-corrected chi connectivity index (χ0v) is 14.0. The minimum atomic E-state index is -0.512. The summed E-state index contributed by atoms with van der Waals surface area (Å²) in [5, 5.41) is 2.97. The van der Waals surface area contributed by atoms with Gasteiger partial charge in [-0.3, -0.25) is 0 Å². The number of ether oxygens (including phenoxy) is 1. The summed E-state index contributed by atoms with van der Waals surface area (Å²) in [5.41, 5.74) is 1.08. The number of aromatic nitrogens is 1. The van der Waals surface area contributed by atoms with Crippen LogP contribution in [0.5, 0.6) is 5.75 Å². The SMILES string of the molecule is COc1cccc2cc(-c3csc(-c4ccccc4F)n3)c(=O)oc12. The van der Waals surface area contributed by atoms with Crippen LogP contribution in [0.4, 0.5) is 4.39 Å².